The minimum Gasteiger partial charge on any atom is -0.308 e. The molecule has 0 unspecified atom stereocenters. The van der Waals surface area contributed by atoms with E-state index in [-0.39, 0.29) is 5.91 Å². The van der Waals surface area contributed by atoms with Crippen LogP contribution in [0.1, 0.15) is 18.1 Å². The maximum Gasteiger partial charge on any atom is 0.253 e. The second kappa shape index (κ2) is 5.33. The summed E-state index contributed by atoms with van der Waals surface area (Å²) in [5, 5.41) is 0. The fourth-order valence-corrected chi connectivity index (χ4v) is 2.62. The average molecular weight is 263 g/mol. The molecule has 0 bridgehead atoms. The van der Waals surface area contributed by atoms with Gasteiger partial charge >= 0.3 is 0 Å². The summed E-state index contributed by atoms with van der Waals surface area (Å²) in [5.41, 5.74) is 4.14. The van der Waals surface area contributed by atoms with Crippen molar-refractivity contribution in [2.24, 2.45) is 0 Å². The Morgan fingerprint density at radius 2 is 1.75 bits per heavy atom. The number of fused-ring (bicyclic) bond motifs is 1. The molecule has 0 aliphatic carbocycles. The van der Waals surface area contributed by atoms with Crippen LogP contribution in [0.3, 0.4) is 0 Å². The molecule has 0 radical (unpaired) electrons. The van der Waals surface area contributed by atoms with Gasteiger partial charge in [-0.3, -0.25) is 4.79 Å². The molecule has 0 N–H and O–H groups in total. The van der Waals surface area contributed by atoms with Gasteiger partial charge in [0.2, 0.25) is 0 Å². The Balaban J connectivity index is 1.86. The number of carbonyl (C=O) groups excluding carboxylic acids is 1. The van der Waals surface area contributed by atoms with Crippen molar-refractivity contribution in [2.45, 2.75) is 13.3 Å². The van der Waals surface area contributed by atoms with Crippen molar-refractivity contribution >= 4 is 17.7 Å². The van der Waals surface area contributed by atoms with E-state index in [1.54, 1.807) is 0 Å². The zero-order chi connectivity index (χ0) is 13.9. The topological polar surface area (TPSA) is 20.3 Å². The highest BCUT2D eigenvalue weighted by molar-refractivity contribution is 6.08. The molecule has 2 heteroatoms. The minimum atomic E-state index is 0.0961. The predicted molar refractivity (Wildman–Crippen MR) is 82.6 cm³/mol. The first-order chi connectivity index (χ1) is 9.75. The molecule has 1 aliphatic heterocycles. The predicted octanol–water partition coefficient (Wildman–Crippen LogP) is 3.68. The van der Waals surface area contributed by atoms with Crippen LogP contribution >= 0.6 is 0 Å². The van der Waals surface area contributed by atoms with E-state index in [0.29, 0.717) is 0 Å². The summed E-state index contributed by atoms with van der Waals surface area (Å²) in [6.45, 7) is 2.66. The number of para-hydroxylation sites is 1. The van der Waals surface area contributed by atoms with Crippen molar-refractivity contribution in [3.63, 3.8) is 0 Å². The van der Waals surface area contributed by atoms with E-state index in [0.717, 1.165) is 29.8 Å². The highest BCUT2D eigenvalue weighted by atomic mass is 16.2. The van der Waals surface area contributed by atoms with Crippen molar-refractivity contribution in [1.82, 2.24) is 0 Å². The fraction of sp³-hybridized carbons (Fsp3) is 0.167. The van der Waals surface area contributed by atoms with Gasteiger partial charge in [0, 0.05) is 17.8 Å². The molecule has 1 aliphatic rings. The lowest BCUT2D eigenvalue weighted by molar-refractivity contribution is -0.114. The van der Waals surface area contributed by atoms with Crippen LogP contribution in [0.25, 0.3) is 6.08 Å². The smallest absolute Gasteiger partial charge is 0.253 e. The SMILES string of the molecule is C/C(=C\c1ccccc1)C(=O)N1CCc2ccccc21. The third-order valence-corrected chi connectivity index (χ3v) is 3.65. The van der Waals surface area contributed by atoms with Gasteiger partial charge in [0.15, 0.2) is 0 Å². The average Bonchev–Trinajstić information content (AvgIpc) is 2.91. The molecule has 1 amide bonds. The lowest BCUT2D eigenvalue weighted by Crippen LogP contribution is -2.29. The molecule has 0 aromatic heterocycles. The first-order valence-corrected chi connectivity index (χ1v) is 6.89. The van der Waals surface area contributed by atoms with Gasteiger partial charge in [-0.1, -0.05) is 48.5 Å². The van der Waals surface area contributed by atoms with E-state index in [2.05, 4.69) is 6.07 Å². The van der Waals surface area contributed by atoms with Gasteiger partial charge in [-0.15, -0.1) is 0 Å². The number of benzene rings is 2. The summed E-state index contributed by atoms with van der Waals surface area (Å²) in [6, 6.07) is 18.1. The van der Waals surface area contributed by atoms with Gasteiger partial charge < -0.3 is 4.90 Å². The second-order valence-electron chi connectivity index (χ2n) is 5.07. The Hall–Kier alpha value is -2.35. The summed E-state index contributed by atoms with van der Waals surface area (Å²) in [7, 11) is 0. The number of rotatable bonds is 2. The molecule has 0 saturated carbocycles. The van der Waals surface area contributed by atoms with E-state index in [9.17, 15) is 4.79 Å². The quantitative estimate of drug-likeness (QED) is 0.757. The standard InChI is InChI=1S/C18H17NO/c1-14(13-15-7-3-2-4-8-15)18(20)19-12-11-16-9-5-6-10-17(16)19/h2-10,13H,11-12H2,1H3/b14-13+. The molecule has 2 aromatic carbocycles. The molecule has 20 heavy (non-hydrogen) atoms. The zero-order valence-electron chi connectivity index (χ0n) is 11.5. The fourth-order valence-electron chi connectivity index (χ4n) is 2.62. The van der Waals surface area contributed by atoms with Gasteiger partial charge in [-0.05, 0) is 36.6 Å². The summed E-state index contributed by atoms with van der Waals surface area (Å²) in [6.07, 6.45) is 2.89. The van der Waals surface area contributed by atoms with Crippen LogP contribution in [-0.2, 0) is 11.2 Å². The van der Waals surface area contributed by atoms with E-state index in [1.165, 1.54) is 5.56 Å². The van der Waals surface area contributed by atoms with Crippen LogP contribution in [0.5, 0.6) is 0 Å². The number of hydrogen-bond acceptors (Lipinski definition) is 1. The molecule has 0 fully saturated rings. The maximum absolute atomic E-state index is 12.6. The minimum absolute atomic E-state index is 0.0961. The zero-order valence-corrected chi connectivity index (χ0v) is 11.5. The number of nitrogens with zero attached hydrogens (tertiary/aromatic N) is 1. The second-order valence-corrected chi connectivity index (χ2v) is 5.07. The third-order valence-electron chi connectivity index (χ3n) is 3.65. The van der Waals surface area contributed by atoms with Gasteiger partial charge in [-0.2, -0.15) is 0 Å². The van der Waals surface area contributed by atoms with Gasteiger partial charge in [0.1, 0.15) is 0 Å². The van der Waals surface area contributed by atoms with Crippen LogP contribution in [0.2, 0.25) is 0 Å². The summed E-state index contributed by atoms with van der Waals surface area (Å²) in [5.74, 6) is 0.0961. The number of anilines is 1. The molecule has 3 rings (SSSR count). The molecule has 2 nitrogen and oxygen atoms in total. The Bertz CT molecular complexity index is 658. The Kier molecular flexibility index (Phi) is 3.38. The van der Waals surface area contributed by atoms with Gasteiger partial charge in [0.25, 0.3) is 5.91 Å². The normalized spacial score (nSPS) is 14.2. The van der Waals surface area contributed by atoms with Crippen molar-refractivity contribution < 1.29 is 4.79 Å². The van der Waals surface area contributed by atoms with E-state index in [1.807, 2.05) is 66.4 Å². The monoisotopic (exact) mass is 263 g/mol. The summed E-state index contributed by atoms with van der Waals surface area (Å²) < 4.78 is 0. The number of amides is 1. The van der Waals surface area contributed by atoms with Gasteiger partial charge in [-0.25, -0.2) is 0 Å². The number of carbonyl (C=O) groups is 1. The van der Waals surface area contributed by atoms with E-state index in [4.69, 9.17) is 0 Å². The van der Waals surface area contributed by atoms with Crippen molar-refractivity contribution in [3.8, 4) is 0 Å². The van der Waals surface area contributed by atoms with E-state index >= 15 is 0 Å². The van der Waals surface area contributed by atoms with Gasteiger partial charge in [0.05, 0.1) is 0 Å². The molecule has 100 valence electrons. The third kappa shape index (κ3) is 2.37. The van der Waals surface area contributed by atoms with Crippen LogP contribution in [0.4, 0.5) is 5.69 Å². The van der Waals surface area contributed by atoms with Crippen LogP contribution in [0, 0.1) is 0 Å². The molecule has 0 spiro atoms. The van der Waals surface area contributed by atoms with Crippen molar-refractivity contribution in [2.75, 3.05) is 11.4 Å². The maximum atomic E-state index is 12.6. The first-order valence-electron chi connectivity index (χ1n) is 6.89. The molecule has 0 atom stereocenters. The van der Waals surface area contributed by atoms with Crippen LogP contribution in [0.15, 0.2) is 60.2 Å². The first kappa shape index (κ1) is 12.7. The number of hydrogen-bond donors (Lipinski definition) is 0. The van der Waals surface area contributed by atoms with Crippen molar-refractivity contribution in [3.05, 3.63) is 71.3 Å². The van der Waals surface area contributed by atoms with E-state index < -0.39 is 0 Å². The van der Waals surface area contributed by atoms with Crippen molar-refractivity contribution in [1.29, 1.82) is 0 Å². The van der Waals surface area contributed by atoms with Crippen LogP contribution < -0.4 is 4.90 Å². The highest BCUT2D eigenvalue weighted by Gasteiger charge is 2.24. The Morgan fingerprint density at radius 1 is 1.05 bits per heavy atom. The lowest BCUT2D eigenvalue weighted by atomic mass is 10.1. The summed E-state index contributed by atoms with van der Waals surface area (Å²) >= 11 is 0. The highest BCUT2D eigenvalue weighted by Crippen LogP contribution is 2.28. The summed E-state index contributed by atoms with van der Waals surface area (Å²) in [4.78, 5) is 14.4. The molecular formula is C18H17NO. The lowest BCUT2D eigenvalue weighted by Gasteiger charge is -2.17. The Labute approximate surface area is 119 Å². The molecule has 0 saturated heterocycles. The van der Waals surface area contributed by atoms with Crippen LogP contribution in [-0.4, -0.2) is 12.5 Å². The largest absolute Gasteiger partial charge is 0.308 e. The molecule has 1 heterocycles. The Morgan fingerprint density at radius 3 is 2.55 bits per heavy atom. The molecular weight excluding hydrogens is 246 g/mol. The molecule has 2 aromatic rings.